The maximum atomic E-state index is 9.69. The predicted molar refractivity (Wildman–Crippen MR) is 97.3 cm³/mol. The van der Waals surface area contributed by atoms with Crippen molar-refractivity contribution in [3.63, 3.8) is 0 Å². The second-order valence-electron chi connectivity index (χ2n) is 6.40. The van der Waals surface area contributed by atoms with E-state index in [1.807, 2.05) is 0 Å². The van der Waals surface area contributed by atoms with Gasteiger partial charge < -0.3 is 15.3 Å². The number of aryl methyl sites for hydroxylation is 1. The minimum atomic E-state index is -0.132. The number of hydrogen-bond acceptors (Lipinski definition) is 3. The molecular formula is C20H26N2O. The molecule has 0 spiro atoms. The van der Waals surface area contributed by atoms with Crippen molar-refractivity contribution in [3.8, 4) is 0 Å². The monoisotopic (exact) mass is 310 g/mol. The molecule has 1 fully saturated rings. The topological polar surface area (TPSA) is 35.5 Å². The molecule has 0 amide bonds. The molecule has 2 N–H and O–H groups in total. The van der Waals surface area contributed by atoms with E-state index in [1.54, 1.807) is 0 Å². The first-order valence-corrected chi connectivity index (χ1v) is 8.54. The lowest BCUT2D eigenvalue weighted by Gasteiger charge is -2.33. The number of nitrogens with zero attached hydrogens (tertiary/aromatic N) is 1. The van der Waals surface area contributed by atoms with Crippen LogP contribution >= 0.6 is 0 Å². The molecule has 1 heterocycles. The number of aliphatic hydroxyl groups is 1. The third-order valence-electron chi connectivity index (χ3n) is 4.56. The second kappa shape index (κ2) is 7.51. The van der Waals surface area contributed by atoms with E-state index in [1.165, 1.54) is 22.5 Å². The Morgan fingerprint density at radius 2 is 1.74 bits per heavy atom. The Bertz CT molecular complexity index is 616. The lowest BCUT2D eigenvalue weighted by molar-refractivity contribution is 0.145. The molecule has 0 radical (unpaired) electrons. The highest BCUT2D eigenvalue weighted by Crippen LogP contribution is 2.28. The van der Waals surface area contributed by atoms with E-state index in [0.29, 0.717) is 0 Å². The van der Waals surface area contributed by atoms with Gasteiger partial charge in [0, 0.05) is 19.6 Å². The quantitative estimate of drug-likeness (QED) is 0.885. The van der Waals surface area contributed by atoms with Gasteiger partial charge in [-0.3, -0.25) is 0 Å². The Balaban J connectivity index is 1.60. The highest BCUT2D eigenvalue weighted by molar-refractivity contribution is 5.70. The third kappa shape index (κ3) is 4.26. The zero-order valence-electron chi connectivity index (χ0n) is 13.8. The van der Waals surface area contributed by atoms with E-state index in [4.69, 9.17) is 0 Å². The molecule has 0 atom stereocenters. The van der Waals surface area contributed by atoms with Gasteiger partial charge >= 0.3 is 0 Å². The van der Waals surface area contributed by atoms with Gasteiger partial charge in [-0.15, -0.1) is 0 Å². The number of aliphatic hydroxyl groups excluding tert-OH is 1. The molecule has 23 heavy (non-hydrogen) atoms. The van der Waals surface area contributed by atoms with Crippen LogP contribution in [0, 0.1) is 6.92 Å². The first-order chi connectivity index (χ1) is 11.2. The fourth-order valence-electron chi connectivity index (χ4n) is 3.10. The Kier molecular flexibility index (Phi) is 5.19. The van der Waals surface area contributed by atoms with E-state index in [-0.39, 0.29) is 6.10 Å². The molecule has 0 aromatic heterocycles. The van der Waals surface area contributed by atoms with Crippen molar-refractivity contribution in [1.29, 1.82) is 0 Å². The number of para-hydroxylation sites is 2. The van der Waals surface area contributed by atoms with Crippen molar-refractivity contribution in [3.05, 3.63) is 59.7 Å². The van der Waals surface area contributed by atoms with Crippen LogP contribution in [0.5, 0.6) is 0 Å². The average Bonchev–Trinajstić information content (AvgIpc) is 2.58. The van der Waals surface area contributed by atoms with Crippen LogP contribution in [0.1, 0.15) is 24.0 Å². The maximum absolute atomic E-state index is 9.69. The molecule has 2 aromatic carbocycles. The van der Waals surface area contributed by atoms with E-state index < -0.39 is 0 Å². The van der Waals surface area contributed by atoms with Crippen LogP contribution in [0.4, 0.5) is 11.4 Å². The molecule has 0 bridgehead atoms. The lowest BCUT2D eigenvalue weighted by Crippen LogP contribution is -2.36. The molecule has 3 heteroatoms. The van der Waals surface area contributed by atoms with Crippen molar-refractivity contribution in [1.82, 2.24) is 0 Å². The van der Waals surface area contributed by atoms with Crippen molar-refractivity contribution < 1.29 is 5.11 Å². The van der Waals surface area contributed by atoms with Gasteiger partial charge in [0.25, 0.3) is 0 Å². The fraction of sp³-hybridized carbons (Fsp3) is 0.400. The Labute approximate surface area is 139 Å². The molecule has 0 unspecified atom stereocenters. The van der Waals surface area contributed by atoms with Gasteiger partial charge in [0.05, 0.1) is 17.5 Å². The summed E-state index contributed by atoms with van der Waals surface area (Å²) in [6.45, 7) is 4.90. The summed E-state index contributed by atoms with van der Waals surface area (Å²) in [4.78, 5) is 2.38. The molecule has 1 aliphatic rings. The van der Waals surface area contributed by atoms with Crippen LogP contribution in [0.15, 0.2) is 48.5 Å². The van der Waals surface area contributed by atoms with Crippen LogP contribution in [0.25, 0.3) is 0 Å². The molecule has 122 valence electrons. The molecule has 3 rings (SSSR count). The lowest BCUT2D eigenvalue weighted by atomic mass is 10.1. The number of anilines is 2. The average molecular weight is 310 g/mol. The van der Waals surface area contributed by atoms with Gasteiger partial charge in [-0.25, -0.2) is 0 Å². The maximum Gasteiger partial charge on any atom is 0.0602 e. The molecule has 1 aliphatic heterocycles. The molecule has 3 nitrogen and oxygen atoms in total. The zero-order chi connectivity index (χ0) is 16.1. The van der Waals surface area contributed by atoms with Crippen LogP contribution in [0.3, 0.4) is 0 Å². The number of hydrogen-bond donors (Lipinski definition) is 2. The van der Waals surface area contributed by atoms with Gasteiger partial charge in [-0.1, -0.05) is 42.0 Å². The summed E-state index contributed by atoms with van der Waals surface area (Å²) < 4.78 is 0. The number of benzene rings is 2. The Morgan fingerprint density at radius 1 is 1.04 bits per heavy atom. The number of piperidine rings is 1. The standard InChI is InChI=1S/C20H26N2O/c1-16-6-8-17(9-7-16)10-13-21-19-4-2-3-5-20(19)22-14-11-18(23)12-15-22/h2-9,18,21,23H,10-15H2,1H3. The van der Waals surface area contributed by atoms with Crippen molar-refractivity contribution in [2.45, 2.75) is 32.3 Å². The Morgan fingerprint density at radius 3 is 2.48 bits per heavy atom. The third-order valence-corrected chi connectivity index (χ3v) is 4.56. The minimum absolute atomic E-state index is 0.132. The summed E-state index contributed by atoms with van der Waals surface area (Å²) in [6, 6.07) is 17.2. The van der Waals surface area contributed by atoms with Gasteiger partial charge in [-0.05, 0) is 43.9 Å². The van der Waals surface area contributed by atoms with E-state index in [2.05, 4.69) is 65.7 Å². The van der Waals surface area contributed by atoms with Gasteiger partial charge in [0.1, 0.15) is 0 Å². The van der Waals surface area contributed by atoms with Crippen molar-refractivity contribution in [2.75, 3.05) is 29.9 Å². The van der Waals surface area contributed by atoms with E-state index >= 15 is 0 Å². The van der Waals surface area contributed by atoms with Gasteiger partial charge in [-0.2, -0.15) is 0 Å². The predicted octanol–water partition coefficient (Wildman–Crippen LogP) is 3.61. The van der Waals surface area contributed by atoms with Crippen molar-refractivity contribution >= 4 is 11.4 Å². The normalized spacial score (nSPS) is 15.7. The number of rotatable bonds is 5. The highest BCUT2D eigenvalue weighted by atomic mass is 16.3. The molecule has 1 saturated heterocycles. The minimum Gasteiger partial charge on any atom is -0.393 e. The van der Waals surface area contributed by atoms with E-state index in [0.717, 1.165) is 38.9 Å². The Hall–Kier alpha value is -2.00. The molecule has 0 saturated carbocycles. The summed E-state index contributed by atoms with van der Waals surface area (Å²) in [6.07, 6.45) is 2.61. The SMILES string of the molecule is Cc1ccc(CCNc2ccccc2N2CCC(O)CC2)cc1. The van der Waals surface area contributed by atoms with E-state index in [9.17, 15) is 5.11 Å². The summed E-state index contributed by atoms with van der Waals surface area (Å²) in [5.41, 5.74) is 5.11. The summed E-state index contributed by atoms with van der Waals surface area (Å²) in [7, 11) is 0. The van der Waals surface area contributed by atoms with Crippen LogP contribution in [0.2, 0.25) is 0 Å². The first kappa shape index (κ1) is 15.9. The van der Waals surface area contributed by atoms with Gasteiger partial charge in [0.15, 0.2) is 0 Å². The van der Waals surface area contributed by atoms with Crippen LogP contribution < -0.4 is 10.2 Å². The summed E-state index contributed by atoms with van der Waals surface area (Å²) >= 11 is 0. The smallest absolute Gasteiger partial charge is 0.0602 e. The fourth-order valence-corrected chi connectivity index (χ4v) is 3.10. The summed E-state index contributed by atoms with van der Waals surface area (Å²) in [5.74, 6) is 0. The van der Waals surface area contributed by atoms with Crippen molar-refractivity contribution in [2.24, 2.45) is 0 Å². The van der Waals surface area contributed by atoms with Gasteiger partial charge in [0.2, 0.25) is 0 Å². The van der Waals surface area contributed by atoms with Crippen LogP contribution in [-0.2, 0) is 6.42 Å². The molecule has 2 aromatic rings. The number of nitrogens with one attached hydrogen (secondary N) is 1. The largest absolute Gasteiger partial charge is 0.393 e. The first-order valence-electron chi connectivity index (χ1n) is 8.54. The second-order valence-corrected chi connectivity index (χ2v) is 6.40. The van der Waals surface area contributed by atoms with Crippen LogP contribution in [-0.4, -0.2) is 30.8 Å². The zero-order valence-corrected chi connectivity index (χ0v) is 13.8. The summed E-state index contributed by atoms with van der Waals surface area (Å²) in [5, 5.41) is 13.3. The highest BCUT2D eigenvalue weighted by Gasteiger charge is 2.18. The molecular weight excluding hydrogens is 284 g/mol. The molecule has 0 aliphatic carbocycles.